The van der Waals surface area contributed by atoms with Crippen LogP contribution >= 0.6 is 11.6 Å². The highest BCUT2D eigenvalue weighted by Gasteiger charge is 2.40. The third-order valence-corrected chi connectivity index (χ3v) is 4.57. The van der Waals surface area contributed by atoms with E-state index in [-0.39, 0.29) is 30.1 Å². The Morgan fingerprint density at radius 3 is 2.64 bits per heavy atom. The molecular weight excluding hydrogens is 384 g/mol. The molecule has 8 heteroatoms. The first-order valence-corrected chi connectivity index (χ1v) is 8.99. The molecule has 1 heterocycles. The Kier molecular flexibility index (Phi) is 5.29. The van der Waals surface area contributed by atoms with E-state index in [4.69, 9.17) is 16.3 Å². The quantitative estimate of drug-likeness (QED) is 0.797. The average Bonchev–Trinajstić information content (AvgIpc) is 2.63. The molecule has 0 aromatic heterocycles. The summed E-state index contributed by atoms with van der Waals surface area (Å²) in [6.07, 6.45) is -0.0261. The van der Waals surface area contributed by atoms with Gasteiger partial charge in [-0.2, -0.15) is 0 Å². The summed E-state index contributed by atoms with van der Waals surface area (Å²) in [5, 5.41) is 12.2. The van der Waals surface area contributed by atoms with E-state index in [1.165, 1.54) is 17.0 Å². The molecule has 28 heavy (non-hydrogen) atoms. The van der Waals surface area contributed by atoms with Gasteiger partial charge in [-0.1, -0.05) is 23.7 Å². The highest BCUT2D eigenvalue weighted by Crippen LogP contribution is 2.39. The number of carboxylic acid groups (broad SMARTS) is 1. The molecule has 0 saturated heterocycles. The van der Waals surface area contributed by atoms with Crippen LogP contribution in [0.2, 0.25) is 5.02 Å². The monoisotopic (exact) mass is 402 g/mol. The van der Waals surface area contributed by atoms with Crippen LogP contribution in [-0.2, 0) is 9.59 Å². The lowest BCUT2D eigenvalue weighted by molar-refractivity contribution is -0.132. The number of aromatic carboxylic acids is 1. The lowest BCUT2D eigenvalue weighted by Crippen LogP contribution is -2.53. The molecule has 0 atom stereocenters. The fraction of sp³-hybridized carbons (Fsp3) is 0.250. The summed E-state index contributed by atoms with van der Waals surface area (Å²) in [5.41, 5.74) is -0.378. The molecule has 0 fully saturated rings. The second kappa shape index (κ2) is 7.52. The summed E-state index contributed by atoms with van der Waals surface area (Å²) in [6, 6.07) is 11.1. The maximum atomic E-state index is 12.8. The van der Waals surface area contributed by atoms with Crippen molar-refractivity contribution in [1.82, 2.24) is 0 Å². The minimum atomic E-state index is -1.13. The summed E-state index contributed by atoms with van der Waals surface area (Å²) in [4.78, 5) is 37.9. The van der Waals surface area contributed by atoms with Gasteiger partial charge < -0.3 is 20.1 Å². The number of hydrogen-bond acceptors (Lipinski definition) is 4. The number of amides is 2. The van der Waals surface area contributed by atoms with Gasteiger partial charge in [0.2, 0.25) is 5.91 Å². The molecule has 1 aliphatic heterocycles. The number of rotatable bonds is 5. The molecule has 7 nitrogen and oxygen atoms in total. The van der Waals surface area contributed by atoms with Crippen molar-refractivity contribution in [2.45, 2.75) is 25.9 Å². The molecule has 0 radical (unpaired) electrons. The Hall–Kier alpha value is -3.06. The molecule has 0 unspecified atom stereocenters. The van der Waals surface area contributed by atoms with Crippen LogP contribution in [0.3, 0.4) is 0 Å². The van der Waals surface area contributed by atoms with Crippen molar-refractivity contribution < 1.29 is 24.2 Å². The third-order valence-electron chi connectivity index (χ3n) is 4.33. The zero-order valence-electron chi connectivity index (χ0n) is 15.4. The number of anilines is 2. The number of hydrogen-bond donors (Lipinski definition) is 2. The fourth-order valence-electron chi connectivity index (χ4n) is 2.97. The van der Waals surface area contributed by atoms with Crippen molar-refractivity contribution in [3.63, 3.8) is 0 Å². The van der Waals surface area contributed by atoms with E-state index in [0.29, 0.717) is 16.5 Å². The first-order valence-electron chi connectivity index (χ1n) is 8.62. The molecular formula is C20H19ClN2O5. The van der Waals surface area contributed by atoms with Crippen LogP contribution in [0.15, 0.2) is 42.5 Å². The lowest BCUT2D eigenvalue weighted by atomic mass is 10.0. The minimum Gasteiger partial charge on any atom is -0.478 e. The molecule has 3 rings (SSSR count). The van der Waals surface area contributed by atoms with E-state index in [2.05, 4.69) is 5.32 Å². The van der Waals surface area contributed by atoms with Crippen LogP contribution in [0.4, 0.5) is 11.4 Å². The second-order valence-corrected chi connectivity index (χ2v) is 7.27. The summed E-state index contributed by atoms with van der Waals surface area (Å²) in [6.45, 7) is 3.41. The standard InChI is InChI=1S/C20H19ClN2O5/c1-20(2)19(27)23(15-11-12(21)7-8-16(15)28-20)10-9-17(24)22-14-6-4-3-5-13(14)18(25)26/h3-8,11H,9-10H2,1-2H3,(H,22,24)(H,25,26). The van der Waals surface area contributed by atoms with E-state index >= 15 is 0 Å². The van der Waals surface area contributed by atoms with Gasteiger partial charge in [-0.05, 0) is 44.2 Å². The molecule has 146 valence electrons. The molecule has 0 bridgehead atoms. The van der Waals surface area contributed by atoms with Crippen LogP contribution in [0.1, 0.15) is 30.6 Å². The van der Waals surface area contributed by atoms with Crippen LogP contribution in [0.25, 0.3) is 0 Å². The second-order valence-electron chi connectivity index (χ2n) is 6.83. The Bertz CT molecular complexity index is 957. The maximum Gasteiger partial charge on any atom is 0.337 e. The van der Waals surface area contributed by atoms with Crippen molar-refractivity contribution in [3.05, 3.63) is 53.1 Å². The van der Waals surface area contributed by atoms with Crippen LogP contribution in [0.5, 0.6) is 5.75 Å². The Labute approximate surface area is 166 Å². The molecule has 1 aliphatic rings. The van der Waals surface area contributed by atoms with Gasteiger partial charge in [0.05, 0.1) is 16.9 Å². The zero-order valence-corrected chi connectivity index (χ0v) is 16.1. The van der Waals surface area contributed by atoms with Crippen molar-refractivity contribution in [2.24, 2.45) is 0 Å². The topological polar surface area (TPSA) is 95.9 Å². The Morgan fingerprint density at radius 2 is 1.93 bits per heavy atom. The first kappa shape index (κ1) is 19.7. The van der Waals surface area contributed by atoms with Crippen molar-refractivity contribution in [1.29, 1.82) is 0 Å². The first-order chi connectivity index (χ1) is 13.2. The van der Waals surface area contributed by atoms with Crippen LogP contribution in [-0.4, -0.2) is 35.0 Å². The molecule has 0 aliphatic carbocycles. The number of carboxylic acids is 1. The Morgan fingerprint density at radius 1 is 1.21 bits per heavy atom. The van der Waals surface area contributed by atoms with Gasteiger partial charge in [0, 0.05) is 18.0 Å². The largest absolute Gasteiger partial charge is 0.478 e. The van der Waals surface area contributed by atoms with E-state index < -0.39 is 17.5 Å². The molecule has 0 saturated carbocycles. The van der Waals surface area contributed by atoms with E-state index in [1.807, 2.05) is 0 Å². The van der Waals surface area contributed by atoms with Gasteiger partial charge in [-0.3, -0.25) is 9.59 Å². The normalized spacial score (nSPS) is 14.8. The van der Waals surface area contributed by atoms with Crippen LogP contribution in [0, 0.1) is 0 Å². The van der Waals surface area contributed by atoms with Crippen molar-refractivity contribution >= 4 is 40.8 Å². The number of carbonyl (C=O) groups excluding carboxylic acids is 2. The number of benzene rings is 2. The van der Waals surface area contributed by atoms with Gasteiger partial charge in [-0.15, -0.1) is 0 Å². The highest BCUT2D eigenvalue weighted by molar-refractivity contribution is 6.31. The summed E-state index contributed by atoms with van der Waals surface area (Å²) in [5.74, 6) is -1.33. The van der Waals surface area contributed by atoms with Crippen LogP contribution < -0.4 is 15.0 Å². The summed E-state index contributed by atoms with van der Waals surface area (Å²) < 4.78 is 5.75. The number of carbonyl (C=O) groups is 3. The predicted molar refractivity (Wildman–Crippen MR) is 105 cm³/mol. The molecule has 2 aromatic rings. The molecule has 0 spiro atoms. The average molecular weight is 403 g/mol. The number of halogens is 1. The third kappa shape index (κ3) is 3.94. The van der Waals surface area contributed by atoms with Gasteiger partial charge in [0.1, 0.15) is 5.75 Å². The Balaban J connectivity index is 1.77. The minimum absolute atomic E-state index is 0.00319. The number of nitrogens with zero attached hydrogens (tertiary/aromatic N) is 1. The van der Waals surface area contributed by atoms with Gasteiger partial charge in [0.25, 0.3) is 5.91 Å². The number of para-hydroxylation sites is 1. The highest BCUT2D eigenvalue weighted by atomic mass is 35.5. The summed E-state index contributed by atoms with van der Waals surface area (Å²) in [7, 11) is 0. The smallest absolute Gasteiger partial charge is 0.337 e. The van der Waals surface area contributed by atoms with E-state index in [9.17, 15) is 19.5 Å². The number of ether oxygens (including phenoxy) is 1. The maximum absolute atomic E-state index is 12.8. The predicted octanol–water partition coefficient (Wildman–Crippen LogP) is 3.57. The summed E-state index contributed by atoms with van der Waals surface area (Å²) >= 11 is 6.05. The fourth-order valence-corrected chi connectivity index (χ4v) is 3.13. The number of fused-ring (bicyclic) bond motifs is 1. The van der Waals surface area contributed by atoms with E-state index in [0.717, 1.165) is 0 Å². The van der Waals surface area contributed by atoms with Gasteiger partial charge >= 0.3 is 5.97 Å². The van der Waals surface area contributed by atoms with Crippen molar-refractivity contribution in [3.8, 4) is 5.75 Å². The van der Waals surface area contributed by atoms with Gasteiger partial charge in [-0.25, -0.2) is 4.79 Å². The van der Waals surface area contributed by atoms with E-state index in [1.54, 1.807) is 44.2 Å². The molecule has 2 N–H and O–H groups in total. The SMILES string of the molecule is CC1(C)Oc2ccc(Cl)cc2N(CCC(=O)Nc2ccccc2C(=O)O)C1=O. The molecule has 2 amide bonds. The molecule has 2 aromatic carbocycles. The number of nitrogens with one attached hydrogen (secondary N) is 1. The lowest BCUT2D eigenvalue weighted by Gasteiger charge is -2.38. The van der Waals surface area contributed by atoms with Gasteiger partial charge in [0.15, 0.2) is 5.60 Å². The van der Waals surface area contributed by atoms with Crippen molar-refractivity contribution in [2.75, 3.05) is 16.8 Å². The zero-order chi connectivity index (χ0) is 20.5.